The van der Waals surface area contributed by atoms with Gasteiger partial charge in [-0.1, -0.05) is 19.9 Å². The van der Waals surface area contributed by atoms with Gasteiger partial charge in [0.15, 0.2) is 0 Å². The molecule has 3 N–H and O–H groups in total. The van der Waals surface area contributed by atoms with Crippen molar-refractivity contribution in [3.05, 3.63) is 23.8 Å². The second kappa shape index (κ2) is 10.5. The zero-order chi connectivity index (χ0) is 17.9. The average Bonchev–Trinajstić information content (AvgIpc) is 2.55. The van der Waals surface area contributed by atoms with E-state index in [0.717, 1.165) is 25.2 Å². The van der Waals surface area contributed by atoms with Gasteiger partial charge in [-0.3, -0.25) is 5.32 Å². The van der Waals surface area contributed by atoms with Crippen molar-refractivity contribution >= 4 is 23.5 Å². The summed E-state index contributed by atoms with van der Waals surface area (Å²) in [6.45, 7) is 11.4. The van der Waals surface area contributed by atoms with Crippen LogP contribution in [0.1, 0.15) is 26.3 Å². The SMILES string of the molecule is CCOC(=O)Nc1cccc(NC(=O)NCCN(CC)CC)c1C. The van der Waals surface area contributed by atoms with Crippen LogP contribution in [0.4, 0.5) is 21.0 Å². The molecular formula is C17H28N4O3. The highest BCUT2D eigenvalue weighted by Crippen LogP contribution is 2.23. The first-order valence-corrected chi connectivity index (χ1v) is 8.32. The number of ether oxygens (including phenoxy) is 1. The summed E-state index contributed by atoms with van der Waals surface area (Å²) < 4.78 is 4.86. The standard InChI is InChI=1S/C17H28N4O3/c1-5-21(6-2)12-11-18-16(22)19-14-9-8-10-15(13(14)4)20-17(23)24-7-3/h8-10H,5-7,11-12H2,1-4H3,(H,20,23)(H2,18,19,22). The van der Waals surface area contributed by atoms with E-state index in [1.54, 1.807) is 25.1 Å². The maximum atomic E-state index is 12.0. The number of rotatable bonds is 8. The van der Waals surface area contributed by atoms with Crippen molar-refractivity contribution in [2.45, 2.75) is 27.7 Å². The number of urea groups is 1. The van der Waals surface area contributed by atoms with Gasteiger partial charge in [0, 0.05) is 24.5 Å². The first-order valence-electron chi connectivity index (χ1n) is 8.32. The number of benzene rings is 1. The first kappa shape index (κ1) is 19.8. The number of carbonyl (C=O) groups excluding carboxylic acids is 2. The van der Waals surface area contributed by atoms with Crippen LogP contribution in [0.15, 0.2) is 18.2 Å². The minimum atomic E-state index is -0.513. The number of hydrogen-bond acceptors (Lipinski definition) is 4. The fraction of sp³-hybridized carbons (Fsp3) is 0.529. The van der Waals surface area contributed by atoms with E-state index in [2.05, 4.69) is 34.7 Å². The Morgan fingerprint density at radius 3 is 2.29 bits per heavy atom. The van der Waals surface area contributed by atoms with Gasteiger partial charge >= 0.3 is 12.1 Å². The van der Waals surface area contributed by atoms with Gasteiger partial charge in [-0.15, -0.1) is 0 Å². The Kier molecular flexibility index (Phi) is 8.64. The summed E-state index contributed by atoms with van der Waals surface area (Å²) >= 11 is 0. The summed E-state index contributed by atoms with van der Waals surface area (Å²) in [5.41, 5.74) is 2.02. The summed E-state index contributed by atoms with van der Waals surface area (Å²) in [6, 6.07) is 5.05. The van der Waals surface area contributed by atoms with Crippen molar-refractivity contribution < 1.29 is 14.3 Å². The van der Waals surface area contributed by atoms with E-state index in [0.29, 0.717) is 24.5 Å². The summed E-state index contributed by atoms with van der Waals surface area (Å²) in [5.74, 6) is 0. The van der Waals surface area contributed by atoms with Crippen LogP contribution in [0.5, 0.6) is 0 Å². The molecule has 0 aromatic heterocycles. The van der Waals surface area contributed by atoms with Crippen molar-refractivity contribution in [2.24, 2.45) is 0 Å². The third kappa shape index (κ3) is 6.45. The monoisotopic (exact) mass is 336 g/mol. The predicted octanol–water partition coefficient (Wildman–Crippen LogP) is 3.03. The fourth-order valence-electron chi connectivity index (χ4n) is 2.22. The molecule has 1 aromatic carbocycles. The van der Waals surface area contributed by atoms with Crippen LogP contribution in [0.25, 0.3) is 0 Å². The van der Waals surface area contributed by atoms with Crippen LogP contribution in [0, 0.1) is 6.92 Å². The Hall–Kier alpha value is -2.28. The summed E-state index contributed by atoms with van der Waals surface area (Å²) in [7, 11) is 0. The third-order valence-electron chi connectivity index (χ3n) is 3.70. The normalized spacial score (nSPS) is 10.4. The highest BCUT2D eigenvalue weighted by molar-refractivity contribution is 5.93. The molecule has 0 atom stereocenters. The smallest absolute Gasteiger partial charge is 0.411 e. The molecule has 7 heteroatoms. The Morgan fingerprint density at radius 1 is 1.08 bits per heavy atom. The number of carbonyl (C=O) groups is 2. The average molecular weight is 336 g/mol. The number of nitrogens with one attached hydrogen (secondary N) is 3. The van der Waals surface area contributed by atoms with Crippen LogP contribution in [0.2, 0.25) is 0 Å². The first-order chi connectivity index (χ1) is 11.5. The van der Waals surface area contributed by atoms with Gasteiger partial charge in [-0.25, -0.2) is 9.59 Å². The van der Waals surface area contributed by atoms with Crippen molar-refractivity contribution in [2.75, 3.05) is 43.4 Å². The molecule has 3 amide bonds. The molecule has 0 bridgehead atoms. The van der Waals surface area contributed by atoms with Gasteiger partial charge in [0.05, 0.1) is 6.61 Å². The molecule has 24 heavy (non-hydrogen) atoms. The summed E-state index contributed by atoms with van der Waals surface area (Å²) in [5, 5.41) is 8.30. The highest BCUT2D eigenvalue weighted by Gasteiger charge is 2.10. The van der Waals surface area contributed by atoms with Gasteiger partial charge in [-0.2, -0.15) is 0 Å². The molecule has 1 rings (SSSR count). The Balaban J connectivity index is 2.58. The molecule has 0 heterocycles. The molecule has 0 spiro atoms. The molecular weight excluding hydrogens is 308 g/mol. The van der Waals surface area contributed by atoms with E-state index in [-0.39, 0.29) is 6.03 Å². The fourth-order valence-corrected chi connectivity index (χ4v) is 2.22. The van der Waals surface area contributed by atoms with E-state index in [1.165, 1.54) is 0 Å². The summed E-state index contributed by atoms with van der Waals surface area (Å²) in [4.78, 5) is 25.8. The lowest BCUT2D eigenvalue weighted by molar-refractivity contribution is 0.168. The lowest BCUT2D eigenvalue weighted by atomic mass is 10.1. The molecule has 0 saturated carbocycles. The van der Waals surface area contributed by atoms with Gasteiger partial charge in [0.1, 0.15) is 0 Å². The number of hydrogen-bond donors (Lipinski definition) is 3. The van der Waals surface area contributed by atoms with E-state index in [1.807, 2.05) is 6.92 Å². The molecule has 0 fully saturated rings. The van der Waals surface area contributed by atoms with Crippen molar-refractivity contribution in [3.8, 4) is 0 Å². The molecule has 7 nitrogen and oxygen atoms in total. The van der Waals surface area contributed by atoms with Crippen molar-refractivity contribution in [1.82, 2.24) is 10.2 Å². The van der Waals surface area contributed by atoms with Crippen molar-refractivity contribution in [1.29, 1.82) is 0 Å². The van der Waals surface area contributed by atoms with Crippen LogP contribution >= 0.6 is 0 Å². The van der Waals surface area contributed by atoms with Crippen LogP contribution in [0.3, 0.4) is 0 Å². The Labute approximate surface area is 143 Å². The van der Waals surface area contributed by atoms with Crippen LogP contribution in [-0.4, -0.2) is 49.8 Å². The maximum Gasteiger partial charge on any atom is 0.411 e. The maximum absolute atomic E-state index is 12.0. The molecule has 0 unspecified atom stereocenters. The molecule has 0 aliphatic carbocycles. The van der Waals surface area contributed by atoms with Gasteiger partial charge in [0.25, 0.3) is 0 Å². The minimum absolute atomic E-state index is 0.265. The Bertz CT molecular complexity index is 545. The van der Waals surface area contributed by atoms with E-state index in [9.17, 15) is 9.59 Å². The highest BCUT2D eigenvalue weighted by atomic mass is 16.5. The van der Waals surface area contributed by atoms with E-state index in [4.69, 9.17) is 4.74 Å². The van der Waals surface area contributed by atoms with E-state index < -0.39 is 6.09 Å². The molecule has 134 valence electrons. The topological polar surface area (TPSA) is 82.7 Å². The van der Waals surface area contributed by atoms with Crippen LogP contribution in [-0.2, 0) is 4.74 Å². The molecule has 1 aromatic rings. The Morgan fingerprint density at radius 2 is 1.71 bits per heavy atom. The number of anilines is 2. The quantitative estimate of drug-likeness (QED) is 0.681. The molecule has 0 aliphatic heterocycles. The lowest BCUT2D eigenvalue weighted by Gasteiger charge is -2.18. The largest absolute Gasteiger partial charge is 0.450 e. The minimum Gasteiger partial charge on any atom is -0.450 e. The van der Waals surface area contributed by atoms with Gasteiger partial charge in [0.2, 0.25) is 0 Å². The zero-order valence-electron chi connectivity index (χ0n) is 14.9. The number of amides is 3. The zero-order valence-corrected chi connectivity index (χ0v) is 14.9. The van der Waals surface area contributed by atoms with E-state index >= 15 is 0 Å². The number of likely N-dealkylation sites (N-methyl/N-ethyl adjacent to an activating group) is 1. The number of nitrogens with zero attached hydrogens (tertiary/aromatic N) is 1. The van der Waals surface area contributed by atoms with Gasteiger partial charge in [-0.05, 0) is 44.6 Å². The second-order valence-corrected chi connectivity index (χ2v) is 5.23. The molecule has 0 radical (unpaired) electrons. The molecule has 0 saturated heterocycles. The predicted molar refractivity (Wildman–Crippen MR) is 96.6 cm³/mol. The van der Waals surface area contributed by atoms with Crippen molar-refractivity contribution in [3.63, 3.8) is 0 Å². The third-order valence-corrected chi connectivity index (χ3v) is 3.70. The van der Waals surface area contributed by atoms with Gasteiger partial charge < -0.3 is 20.3 Å². The second-order valence-electron chi connectivity index (χ2n) is 5.23. The summed E-state index contributed by atoms with van der Waals surface area (Å²) in [6.07, 6.45) is -0.513. The lowest BCUT2D eigenvalue weighted by Crippen LogP contribution is -2.37. The van der Waals surface area contributed by atoms with Crippen LogP contribution < -0.4 is 16.0 Å². The molecule has 0 aliphatic rings.